The van der Waals surface area contributed by atoms with Crippen molar-refractivity contribution in [1.29, 1.82) is 5.26 Å². The van der Waals surface area contributed by atoms with Crippen LogP contribution in [0.15, 0.2) is 35.4 Å². The van der Waals surface area contributed by atoms with Gasteiger partial charge >= 0.3 is 0 Å². The molecule has 0 aromatic heterocycles. The van der Waals surface area contributed by atoms with Crippen molar-refractivity contribution >= 4 is 5.78 Å². The molecule has 0 bridgehead atoms. The first-order valence-electron chi connectivity index (χ1n) is 7.00. The van der Waals surface area contributed by atoms with Crippen molar-refractivity contribution in [3.05, 3.63) is 52.1 Å². The van der Waals surface area contributed by atoms with E-state index in [2.05, 4.69) is 6.07 Å². The number of Topliss-reactive ketones (excluding diaryl/α,β-unsaturated/α-hetero) is 1. The SMILES string of the molecule is Cc1cc2c(cc1C)C(=O)C1=CC(C#N)=CC(C)(C)C1O2. The fourth-order valence-electron chi connectivity index (χ4n) is 2.97. The number of fused-ring (bicyclic) bond motifs is 2. The summed E-state index contributed by atoms with van der Waals surface area (Å²) in [5.74, 6) is 0.616. The van der Waals surface area contributed by atoms with Gasteiger partial charge in [-0.25, -0.2) is 0 Å². The quantitative estimate of drug-likeness (QED) is 0.728. The number of hydrogen-bond acceptors (Lipinski definition) is 3. The van der Waals surface area contributed by atoms with Gasteiger partial charge in [0.2, 0.25) is 0 Å². The fraction of sp³-hybridized carbons (Fsp3) is 0.333. The normalized spacial score (nSPS) is 22.2. The van der Waals surface area contributed by atoms with Gasteiger partial charge in [-0.1, -0.05) is 19.9 Å². The molecular formula is C18H17NO2. The van der Waals surface area contributed by atoms with Gasteiger partial charge in [-0.3, -0.25) is 4.79 Å². The average Bonchev–Trinajstić information content (AvgIpc) is 2.42. The lowest BCUT2D eigenvalue weighted by Crippen LogP contribution is -2.42. The van der Waals surface area contributed by atoms with Crippen molar-refractivity contribution < 1.29 is 9.53 Å². The molecule has 2 aliphatic rings. The predicted molar refractivity (Wildman–Crippen MR) is 80.2 cm³/mol. The van der Waals surface area contributed by atoms with Gasteiger partial charge in [-0.2, -0.15) is 5.26 Å². The summed E-state index contributed by atoms with van der Waals surface area (Å²) in [6.07, 6.45) is 3.20. The van der Waals surface area contributed by atoms with Crippen LogP contribution in [0.25, 0.3) is 0 Å². The van der Waals surface area contributed by atoms with Gasteiger partial charge in [-0.05, 0) is 43.2 Å². The number of nitrogens with zero attached hydrogens (tertiary/aromatic N) is 1. The van der Waals surface area contributed by atoms with Gasteiger partial charge in [0.15, 0.2) is 5.78 Å². The van der Waals surface area contributed by atoms with Crippen LogP contribution < -0.4 is 4.74 Å². The van der Waals surface area contributed by atoms with Crippen LogP contribution in [0.5, 0.6) is 5.75 Å². The summed E-state index contributed by atoms with van der Waals surface area (Å²) in [7, 11) is 0. The number of allylic oxidation sites excluding steroid dienone is 2. The highest BCUT2D eigenvalue weighted by atomic mass is 16.5. The van der Waals surface area contributed by atoms with Crippen molar-refractivity contribution in [1.82, 2.24) is 0 Å². The van der Waals surface area contributed by atoms with E-state index in [0.29, 0.717) is 22.5 Å². The zero-order valence-electron chi connectivity index (χ0n) is 12.7. The number of ketones is 1. The van der Waals surface area contributed by atoms with Gasteiger partial charge in [-0.15, -0.1) is 0 Å². The molecule has 0 amide bonds. The number of carbonyl (C=O) groups excluding carboxylic acids is 1. The Balaban J connectivity index is 2.19. The lowest BCUT2D eigenvalue weighted by atomic mass is 9.73. The molecule has 1 aliphatic heterocycles. The lowest BCUT2D eigenvalue weighted by Gasteiger charge is -2.39. The van der Waals surface area contributed by atoms with Crippen LogP contribution in [0.2, 0.25) is 0 Å². The van der Waals surface area contributed by atoms with Crippen LogP contribution in [0.4, 0.5) is 0 Å². The van der Waals surface area contributed by atoms with Crippen molar-refractivity contribution in [3.63, 3.8) is 0 Å². The van der Waals surface area contributed by atoms with Crippen molar-refractivity contribution in [2.75, 3.05) is 0 Å². The highest BCUT2D eigenvalue weighted by molar-refractivity contribution is 6.13. The fourth-order valence-corrected chi connectivity index (χ4v) is 2.97. The summed E-state index contributed by atoms with van der Waals surface area (Å²) in [4.78, 5) is 12.8. The standard InChI is InChI=1S/C18H17NO2/c1-10-5-13-15(6-11(10)2)21-17-14(16(13)20)7-12(9-19)8-18(17,3)4/h5-8,17H,1-4H3. The molecule has 106 valence electrons. The predicted octanol–water partition coefficient (Wildman–Crippen LogP) is 3.66. The third-order valence-electron chi connectivity index (χ3n) is 4.27. The number of carbonyl (C=O) groups is 1. The average molecular weight is 279 g/mol. The van der Waals surface area contributed by atoms with Crippen LogP contribution in [-0.4, -0.2) is 11.9 Å². The number of hydrogen-bond donors (Lipinski definition) is 0. The van der Waals surface area contributed by atoms with E-state index in [4.69, 9.17) is 10.00 Å². The summed E-state index contributed by atoms with van der Waals surface area (Å²) < 4.78 is 6.11. The Morgan fingerprint density at radius 2 is 1.90 bits per heavy atom. The summed E-state index contributed by atoms with van der Waals surface area (Å²) in [6.45, 7) is 7.96. The van der Waals surface area contributed by atoms with Crippen LogP contribution in [0, 0.1) is 30.6 Å². The molecule has 0 N–H and O–H groups in total. The van der Waals surface area contributed by atoms with E-state index in [9.17, 15) is 4.79 Å². The maximum atomic E-state index is 12.8. The largest absolute Gasteiger partial charge is 0.484 e. The van der Waals surface area contributed by atoms with Gasteiger partial charge in [0.25, 0.3) is 0 Å². The van der Waals surface area contributed by atoms with E-state index in [-0.39, 0.29) is 17.3 Å². The molecule has 0 saturated heterocycles. The molecule has 0 spiro atoms. The zero-order valence-corrected chi connectivity index (χ0v) is 12.7. The molecule has 1 aromatic rings. The van der Waals surface area contributed by atoms with Gasteiger partial charge in [0, 0.05) is 16.6 Å². The van der Waals surface area contributed by atoms with E-state index in [1.807, 2.05) is 45.9 Å². The van der Waals surface area contributed by atoms with Crippen molar-refractivity contribution in [2.24, 2.45) is 5.41 Å². The number of nitriles is 1. The monoisotopic (exact) mass is 279 g/mol. The number of ether oxygens (including phenoxy) is 1. The maximum absolute atomic E-state index is 12.8. The lowest BCUT2D eigenvalue weighted by molar-refractivity contribution is 0.0846. The summed E-state index contributed by atoms with van der Waals surface area (Å²) >= 11 is 0. The minimum Gasteiger partial charge on any atom is -0.484 e. The highest BCUT2D eigenvalue weighted by Gasteiger charge is 2.43. The van der Waals surface area contributed by atoms with Crippen molar-refractivity contribution in [3.8, 4) is 11.8 Å². The Bertz CT molecular complexity index is 760. The van der Waals surface area contributed by atoms with Gasteiger partial charge in [0.1, 0.15) is 11.9 Å². The molecule has 0 radical (unpaired) electrons. The topological polar surface area (TPSA) is 50.1 Å². The van der Waals surface area contributed by atoms with E-state index < -0.39 is 0 Å². The van der Waals surface area contributed by atoms with Crippen LogP contribution in [0.1, 0.15) is 35.3 Å². The number of rotatable bonds is 0. The van der Waals surface area contributed by atoms with E-state index in [1.54, 1.807) is 6.08 Å². The van der Waals surface area contributed by atoms with Crippen LogP contribution >= 0.6 is 0 Å². The molecule has 1 aromatic carbocycles. The second-order valence-electron chi connectivity index (χ2n) is 6.39. The Morgan fingerprint density at radius 3 is 2.57 bits per heavy atom. The van der Waals surface area contributed by atoms with E-state index in [0.717, 1.165) is 11.1 Å². The second-order valence-corrected chi connectivity index (χ2v) is 6.39. The summed E-state index contributed by atoms with van der Waals surface area (Å²) in [5, 5.41) is 9.16. The first-order chi connectivity index (χ1) is 9.83. The second kappa shape index (κ2) is 4.33. The molecule has 3 heteroatoms. The molecule has 1 atom stereocenters. The number of aryl methyl sites for hydroxylation is 2. The van der Waals surface area contributed by atoms with Crippen molar-refractivity contribution in [2.45, 2.75) is 33.8 Å². The Labute approximate surface area is 124 Å². The molecule has 0 fully saturated rings. The molecule has 1 aliphatic carbocycles. The summed E-state index contributed by atoms with van der Waals surface area (Å²) in [5.41, 5.74) is 3.48. The molecule has 0 saturated carbocycles. The summed E-state index contributed by atoms with van der Waals surface area (Å²) in [6, 6.07) is 5.94. The van der Waals surface area contributed by atoms with E-state index >= 15 is 0 Å². The van der Waals surface area contributed by atoms with Gasteiger partial charge < -0.3 is 4.74 Å². The molecule has 3 rings (SSSR count). The molecule has 3 nitrogen and oxygen atoms in total. The Morgan fingerprint density at radius 1 is 1.24 bits per heavy atom. The third-order valence-corrected chi connectivity index (χ3v) is 4.27. The number of benzene rings is 1. The Hall–Kier alpha value is -2.34. The zero-order chi connectivity index (χ0) is 15.4. The van der Waals surface area contributed by atoms with Crippen LogP contribution in [0.3, 0.4) is 0 Å². The highest BCUT2D eigenvalue weighted by Crippen LogP contribution is 2.43. The first kappa shape index (κ1) is 13.6. The smallest absolute Gasteiger partial charge is 0.196 e. The minimum atomic E-state index is -0.388. The third kappa shape index (κ3) is 1.99. The van der Waals surface area contributed by atoms with E-state index in [1.165, 1.54) is 0 Å². The minimum absolute atomic E-state index is 0.0294. The maximum Gasteiger partial charge on any atom is 0.196 e. The Kier molecular flexibility index (Phi) is 2.81. The van der Waals surface area contributed by atoms with Crippen LogP contribution in [-0.2, 0) is 0 Å². The van der Waals surface area contributed by atoms with Gasteiger partial charge in [0.05, 0.1) is 11.6 Å². The first-order valence-corrected chi connectivity index (χ1v) is 7.00. The molecule has 1 heterocycles. The molecule has 21 heavy (non-hydrogen) atoms. The molecular weight excluding hydrogens is 262 g/mol. The molecule has 1 unspecified atom stereocenters.